The van der Waals surface area contributed by atoms with Gasteiger partial charge in [-0.25, -0.2) is 4.79 Å². The van der Waals surface area contributed by atoms with E-state index in [9.17, 15) is 34.5 Å². The van der Waals surface area contributed by atoms with E-state index in [0.717, 1.165) is 44.9 Å². The van der Waals surface area contributed by atoms with Gasteiger partial charge >= 0.3 is 11.9 Å². The summed E-state index contributed by atoms with van der Waals surface area (Å²) in [7, 11) is 0. The summed E-state index contributed by atoms with van der Waals surface area (Å²) >= 11 is 0. The van der Waals surface area contributed by atoms with Gasteiger partial charge in [-0.3, -0.25) is 14.4 Å². The van der Waals surface area contributed by atoms with Crippen molar-refractivity contribution in [3.05, 3.63) is 0 Å². The molecule has 0 bridgehead atoms. The molecule has 0 saturated carbocycles. The highest BCUT2D eigenvalue weighted by Gasteiger charge is 2.32. The maximum atomic E-state index is 13.1. The van der Waals surface area contributed by atoms with Crippen molar-refractivity contribution in [1.29, 1.82) is 0 Å². The maximum Gasteiger partial charge on any atom is 0.328 e. The summed E-state index contributed by atoms with van der Waals surface area (Å²) in [6.45, 7) is 7.02. The zero-order valence-electron chi connectivity index (χ0n) is 33.8. The second-order valence-electron chi connectivity index (χ2n) is 15.2. The predicted octanol–water partition coefficient (Wildman–Crippen LogP) is 9.07. The second kappa shape index (κ2) is 34.6. The average Bonchev–Trinajstić information content (AvgIpc) is 3.09. The van der Waals surface area contributed by atoms with Crippen molar-refractivity contribution in [3.63, 3.8) is 0 Å². The number of aliphatic hydroxyl groups is 2. The Bertz CT molecular complexity index is 897. The van der Waals surface area contributed by atoms with Gasteiger partial charge in [0.15, 0.2) is 6.04 Å². The molecule has 0 aliphatic carbocycles. The van der Waals surface area contributed by atoms with Crippen LogP contribution in [0, 0.1) is 0 Å². The van der Waals surface area contributed by atoms with Gasteiger partial charge in [-0.15, -0.1) is 0 Å². The number of aliphatic hydroxyl groups excluding tert-OH is 2. The molecule has 5 N–H and O–H groups in total. The lowest BCUT2D eigenvalue weighted by Gasteiger charge is -2.25. The number of carboxylic acid groups (broad SMARTS) is 1. The van der Waals surface area contributed by atoms with Crippen LogP contribution in [0.3, 0.4) is 0 Å². The summed E-state index contributed by atoms with van der Waals surface area (Å²) in [4.78, 5) is 50.1. The summed E-state index contributed by atoms with van der Waals surface area (Å²) in [6, 6.07) is -3.04. The Morgan fingerprint density at radius 3 is 1.25 bits per heavy atom. The van der Waals surface area contributed by atoms with Gasteiger partial charge < -0.3 is 30.7 Å². The largest absolute Gasteiger partial charge is 0.480 e. The minimum absolute atomic E-state index is 0.169. The van der Waals surface area contributed by atoms with Crippen molar-refractivity contribution < 1.29 is 39.2 Å². The number of hydrogen-bond donors (Lipinski definition) is 5. The number of carbonyl (C=O) groups excluding carboxylic acids is 3. The van der Waals surface area contributed by atoms with Crippen LogP contribution in [-0.2, 0) is 23.9 Å². The number of esters is 1. The Hall–Kier alpha value is -2.20. The fraction of sp³-hybridized carbons (Fsp3) is 0.905. The van der Waals surface area contributed by atoms with E-state index in [1.165, 1.54) is 136 Å². The zero-order chi connectivity index (χ0) is 38.8. The van der Waals surface area contributed by atoms with Crippen molar-refractivity contribution in [2.45, 2.75) is 244 Å². The molecule has 5 atom stereocenters. The molecule has 0 fully saturated rings. The van der Waals surface area contributed by atoms with Gasteiger partial charge in [-0.1, -0.05) is 168 Å². The van der Waals surface area contributed by atoms with Crippen LogP contribution >= 0.6 is 0 Å². The van der Waals surface area contributed by atoms with Gasteiger partial charge in [-0.05, 0) is 33.1 Å². The summed E-state index contributed by atoms with van der Waals surface area (Å²) in [5, 5.41) is 33.9. The highest BCUT2D eigenvalue weighted by atomic mass is 16.5. The van der Waals surface area contributed by atoms with Crippen LogP contribution in [0.25, 0.3) is 0 Å². The Morgan fingerprint density at radius 2 is 0.885 bits per heavy atom. The lowest BCUT2D eigenvalue weighted by molar-refractivity contribution is -0.151. The lowest BCUT2D eigenvalue weighted by Crippen LogP contribution is -2.58. The third-order valence-electron chi connectivity index (χ3n) is 9.95. The minimum atomic E-state index is -1.60. The fourth-order valence-corrected chi connectivity index (χ4v) is 6.60. The van der Waals surface area contributed by atoms with Crippen molar-refractivity contribution in [2.75, 3.05) is 0 Å². The maximum absolute atomic E-state index is 13.1. The highest BCUT2D eigenvalue weighted by Crippen LogP contribution is 2.18. The van der Waals surface area contributed by atoms with E-state index in [1.807, 2.05) is 0 Å². The monoisotopic (exact) mass is 741 g/mol. The molecule has 2 amide bonds. The first-order valence-electron chi connectivity index (χ1n) is 21.4. The number of amides is 2. The Kier molecular flexibility index (Phi) is 33.1. The van der Waals surface area contributed by atoms with E-state index < -0.39 is 48.2 Å². The molecule has 0 radical (unpaired) electrons. The standard InChI is InChI=1S/C42H80N2O8/c1-5-7-9-11-13-15-17-19-21-23-25-27-29-31-36(33-37(47)43-39(34(3)45)41(49)44-40(35(4)46)42(50)51)52-38(48)32-30-28-26-24-22-20-18-16-14-12-10-8-6-2/h34-36,39-40,45-46H,5-33H2,1-4H3,(H,43,47)(H,44,49)(H,50,51)/t34-,35-,36?,39+,40+/m1/s1. The lowest BCUT2D eigenvalue weighted by atomic mass is 10.0. The SMILES string of the molecule is CCCCCCCCCCCCCCCC(=O)OC(CCCCCCCCCCCCCCC)CC(=O)N[C@H](C(=O)N[C@H](C(=O)O)[C@@H](C)O)[C@@H](C)O. The third-order valence-corrected chi connectivity index (χ3v) is 9.95. The number of ether oxygens (including phenoxy) is 1. The summed E-state index contributed by atoms with van der Waals surface area (Å²) in [5.74, 6) is -3.28. The van der Waals surface area contributed by atoms with Crippen LogP contribution in [0.2, 0.25) is 0 Å². The molecule has 0 aliphatic heterocycles. The van der Waals surface area contributed by atoms with Crippen molar-refractivity contribution in [3.8, 4) is 0 Å². The van der Waals surface area contributed by atoms with E-state index in [4.69, 9.17) is 4.74 Å². The van der Waals surface area contributed by atoms with Gasteiger partial charge in [0.05, 0.1) is 18.6 Å². The molecule has 0 aliphatic rings. The van der Waals surface area contributed by atoms with E-state index in [-0.39, 0.29) is 12.4 Å². The minimum Gasteiger partial charge on any atom is -0.480 e. The Labute approximate surface area is 317 Å². The number of hydrogen-bond acceptors (Lipinski definition) is 7. The van der Waals surface area contributed by atoms with Crippen LogP contribution in [0.5, 0.6) is 0 Å². The van der Waals surface area contributed by atoms with Crippen LogP contribution in [0.15, 0.2) is 0 Å². The molecule has 0 aromatic carbocycles. The molecule has 10 heteroatoms. The van der Waals surface area contributed by atoms with Gasteiger partial charge in [-0.2, -0.15) is 0 Å². The number of rotatable bonds is 37. The smallest absolute Gasteiger partial charge is 0.328 e. The third kappa shape index (κ3) is 29.3. The van der Waals surface area contributed by atoms with Gasteiger partial charge in [0.25, 0.3) is 0 Å². The molecule has 0 heterocycles. The zero-order valence-corrected chi connectivity index (χ0v) is 33.8. The van der Waals surface area contributed by atoms with Crippen molar-refractivity contribution >= 4 is 23.8 Å². The number of unbranched alkanes of at least 4 members (excludes halogenated alkanes) is 24. The Morgan fingerprint density at radius 1 is 0.519 bits per heavy atom. The number of carboxylic acids is 1. The molecule has 306 valence electrons. The molecule has 0 saturated heterocycles. The molecule has 0 aromatic heterocycles. The van der Waals surface area contributed by atoms with Crippen molar-refractivity contribution in [2.24, 2.45) is 0 Å². The van der Waals surface area contributed by atoms with Gasteiger partial charge in [0.2, 0.25) is 11.8 Å². The summed E-state index contributed by atoms with van der Waals surface area (Å²) in [6.07, 6.45) is 28.8. The quantitative estimate of drug-likeness (QED) is 0.0311. The van der Waals surface area contributed by atoms with Crippen molar-refractivity contribution in [1.82, 2.24) is 10.6 Å². The highest BCUT2D eigenvalue weighted by molar-refractivity contribution is 5.91. The topological polar surface area (TPSA) is 162 Å². The summed E-state index contributed by atoms with van der Waals surface area (Å²) < 4.78 is 5.79. The van der Waals surface area contributed by atoms with E-state index >= 15 is 0 Å². The van der Waals surface area contributed by atoms with Crippen LogP contribution in [0.1, 0.15) is 214 Å². The first kappa shape index (κ1) is 49.8. The number of aliphatic carboxylic acids is 1. The first-order valence-corrected chi connectivity index (χ1v) is 21.4. The summed E-state index contributed by atoms with van der Waals surface area (Å²) in [5.41, 5.74) is 0. The van der Waals surface area contributed by atoms with E-state index in [0.29, 0.717) is 12.8 Å². The number of carbonyl (C=O) groups is 4. The second-order valence-corrected chi connectivity index (χ2v) is 15.2. The van der Waals surface area contributed by atoms with Crippen LogP contribution in [-0.4, -0.2) is 69.5 Å². The number of nitrogens with one attached hydrogen (secondary N) is 2. The Balaban J connectivity index is 4.77. The fourth-order valence-electron chi connectivity index (χ4n) is 6.60. The molecule has 0 aromatic rings. The molecule has 0 rings (SSSR count). The first-order chi connectivity index (χ1) is 25.0. The molecule has 52 heavy (non-hydrogen) atoms. The van der Waals surface area contributed by atoms with E-state index in [2.05, 4.69) is 24.5 Å². The van der Waals surface area contributed by atoms with Gasteiger partial charge in [0.1, 0.15) is 12.1 Å². The molecule has 0 spiro atoms. The molecular weight excluding hydrogens is 660 g/mol. The van der Waals surface area contributed by atoms with Gasteiger partial charge in [0, 0.05) is 6.42 Å². The molecule has 1 unspecified atom stereocenters. The van der Waals surface area contributed by atoms with E-state index in [1.54, 1.807) is 0 Å². The molecule has 10 nitrogen and oxygen atoms in total. The average molecular weight is 741 g/mol. The molecular formula is C42H80N2O8. The normalized spacial score (nSPS) is 14.3. The van der Waals surface area contributed by atoms with Crippen LogP contribution < -0.4 is 10.6 Å². The van der Waals surface area contributed by atoms with Crippen LogP contribution in [0.4, 0.5) is 0 Å². The predicted molar refractivity (Wildman–Crippen MR) is 210 cm³/mol.